The number of rotatable bonds is 4. The summed E-state index contributed by atoms with van der Waals surface area (Å²) >= 11 is 0. The van der Waals surface area contributed by atoms with Crippen LogP contribution in [0, 0.1) is 17.2 Å². The van der Waals surface area contributed by atoms with Gasteiger partial charge >= 0.3 is 5.97 Å². The van der Waals surface area contributed by atoms with Crippen molar-refractivity contribution in [1.82, 2.24) is 0 Å². The Balaban J connectivity index is 1.90. The third-order valence-corrected chi connectivity index (χ3v) is 3.78. The summed E-state index contributed by atoms with van der Waals surface area (Å²) in [5, 5.41) is 11.8. The molecule has 1 N–H and O–H groups in total. The molecule has 0 aliphatic heterocycles. The number of amides is 1. The number of nitriles is 1. The Labute approximate surface area is 135 Å². The standard InChI is InChI=1S/C18H20N2O3/c1-13(21)20-16-9-6-14(7-10-16)8-11-18(22)23-17-5-3-2-4-15(17)12-19/h6-11,15,17H,2-5H2,1H3,(H,20,21)/b11-8+/t15-,17+/m1/s1. The van der Waals surface area contributed by atoms with E-state index in [4.69, 9.17) is 10.00 Å². The molecule has 0 bridgehead atoms. The SMILES string of the molecule is CC(=O)Nc1ccc(/C=C/C(=O)O[C@H]2CCCC[C@@H]2C#N)cc1. The van der Waals surface area contributed by atoms with E-state index in [1.807, 2.05) is 0 Å². The van der Waals surface area contributed by atoms with E-state index in [1.165, 1.54) is 13.0 Å². The number of anilines is 1. The van der Waals surface area contributed by atoms with Crippen molar-refractivity contribution in [2.45, 2.75) is 38.7 Å². The summed E-state index contributed by atoms with van der Waals surface area (Å²) in [4.78, 5) is 22.8. The van der Waals surface area contributed by atoms with Crippen LogP contribution in [0.4, 0.5) is 5.69 Å². The smallest absolute Gasteiger partial charge is 0.331 e. The van der Waals surface area contributed by atoms with Crippen molar-refractivity contribution in [2.24, 2.45) is 5.92 Å². The van der Waals surface area contributed by atoms with Gasteiger partial charge in [-0.05, 0) is 43.0 Å². The van der Waals surface area contributed by atoms with Gasteiger partial charge in [-0.2, -0.15) is 5.26 Å². The maximum Gasteiger partial charge on any atom is 0.331 e. The molecule has 0 spiro atoms. The number of carbonyl (C=O) groups excluding carboxylic acids is 2. The van der Waals surface area contributed by atoms with Gasteiger partial charge in [-0.15, -0.1) is 0 Å². The molecule has 120 valence electrons. The zero-order valence-electron chi connectivity index (χ0n) is 13.1. The third kappa shape index (κ3) is 5.26. The van der Waals surface area contributed by atoms with Crippen LogP contribution in [0.25, 0.3) is 6.08 Å². The number of hydrogen-bond acceptors (Lipinski definition) is 4. The molecule has 1 aromatic carbocycles. The summed E-state index contributed by atoms with van der Waals surface area (Å²) in [5.41, 5.74) is 1.54. The number of esters is 1. The Morgan fingerprint density at radius 3 is 2.61 bits per heavy atom. The van der Waals surface area contributed by atoms with Gasteiger partial charge in [0.1, 0.15) is 6.10 Å². The summed E-state index contributed by atoms with van der Waals surface area (Å²) < 4.78 is 5.39. The maximum atomic E-state index is 11.9. The lowest BCUT2D eigenvalue weighted by atomic mass is 9.87. The molecule has 1 saturated carbocycles. The van der Waals surface area contributed by atoms with Crippen LogP contribution in [0.5, 0.6) is 0 Å². The van der Waals surface area contributed by atoms with Gasteiger partial charge in [0.05, 0.1) is 12.0 Å². The first-order chi connectivity index (χ1) is 11.1. The zero-order chi connectivity index (χ0) is 16.7. The summed E-state index contributed by atoms with van der Waals surface area (Å²) in [6, 6.07) is 9.34. The first-order valence-electron chi connectivity index (χ1n) is 7.74. The number of hydrogen-bond donors (Lipinski definition) is 1. The quantitative estimate of drug-likeness (QED) is 0.683. The molecule has 5 nitrogen and oxygen atoms in total. The molecule has 1 amide bonds. The van der Waals surface area contributed by atoms with E-state index in [0.717, 1.165) is 31.2 Å². The van der Waals surface area contributed by atoms with Crippen LogP contribution in [0.1, 0.15) is 38.2 Å². The van der Waals surface area contributed by atoms with Crippen molar-refractivity contribution < 1.29 is 14.3 Å². The van der Waals surface area contributed by atoms with Gasteiger partial charge in [-0.25, -0.2) is 4.79 Å². The number of benzene rings is 1. The average molecular weight is 312 g/mol. The number of nitrogens with zero attached hydrogens (tertiary/aromatic N) is 1. The monoisotopic (exact) mass is 312 g/mol. The van der Waals surface area contributed by atoms with Crippen LogP contribution in [0.2, 0.25) is 0 Å². The Bertz CT molecular complexity index is 629. The molecule has 1 aliphatic rings. The molecule has 0 aromatic heterocycles. The fraction of sp³-hybridized carbons (Fsp3) is 0.389. The maximum absolute atomic E-state index is 11.9. The first kappa shape index (κ1) is 16.8. The van der Waals surface area contributed by atoms with Gasteiger partial charge in [-0.3, -0.25) is 4.79 Å². The Kier molecular flexibility index (Phi) is 5.93. The van der Waals surface area contributed by atoms with E-state index in [-0.39, 0.29) is 17.9 Å². The second-order valence-corrected chi connectivity index (χ2v) is 5.63. The van der Waals surface area contributed by atoms with Crippen molar-refractivity contribution in [3.63, 3.8) is 0 Å². The molecule has 0 heterocycles. The van der Waals surface area contributed by atoms with Gasteiger partial charge < -0.3 is 10.1 Å². The lowest BCUT2D eigenvalue weighted by Gasteiger charge is -2.25. The van der Waals surface area contributed by atoms with Crippen molar-refractivity contribution in [1.29, 1.82) is 5.26 Å². The van der Waals surface area contributed by atoms with Gasteiger partial charge in [0.2, 0.25) is 5.91 Å². The molecule has 0 saturated heterocycles. The zero-order valence-corrected chi connectivity index (χ0v) is 13.1. The molecular weight excluding hydrogens is 292 g/mol. The lowest BCUT2D eigenvalue weighted by Crippen LogP contribution is -2.28. The van der Waals surface area contributed by atoms with Gasteiger partial charge in [0.25, 0.3) is 0 Å². The first-order valence-corrected chi connectivity index (χ1v) is 7.74. The minimum atomic E-state index is -0.428. The third-order valence-electron chi connectivity index (χ3n) is 3.78. The fourth-order valence-corrected chi connectivity index (χ4v) is 2.62. The van der Waals surface area contributed by atoms with Crippen LogP contribution >= 0.6 is 0 Å². The van der Waals surface area contributed by atoms with Crippen molar-refractivity contribution in [3.05, 3.63) is 35.9 Å². The van der Waals surface area contributed by atoms with Gasteiger partial charge in [-0.1, -0.05) is 18.6 Å². The van der Waals surface area contributed by atoms with Gasteiger partial charge in [0.15, 0.2) is 0 Å². The van der Waals surface area contributed by atoms with Crippen molar-refractivity contribution in [2.75, 3.05) is 5.32 Å². The number of carbonyl (C=O) groups is 2. The molecular formula is C18H20N2O3. The summed E-state index contributed by atoms with van der Waals surface area (Å²) in [7, 11) is 0. The molecule has 1 aliphatic carbocycles. The number of nitrogens with one attached hydrogen (secondary N) is 1. The summed E-state index contributed by atoms with van der Waals surface area (Å²) in [6.45, 7) is 1.45. The van der Waals surface area contributed by atoms with E-state index in [0.29, 0.717) is 5.69 Å². The predicted octanol–water partition coefficient (Wildman–Crippen LogP) is 3.28. The largest absolute Gasteiger partial charge is 0.458 e. The Hall–Kier alpha value is -2.61. The van der Waals surface area contributed by atoms with Crippen LogP contribution < -0.4 is 5.32 Å². The lowest BCUT2D eigenvalue weighted by molar-refractivity contribution is -0.146. The minimum absolute atomic E-state index is 0.128. The van der Waals surface area contributed by atoms with E-state index in [2.05, 4.69) is 11.4 Å². The second kappa shape index (κ2) is 8.14. The predicted molar refractivity (Wildman–Crippen MR) is 87.2 cm³/mol. The van der Waals surface area contributed by atoms with E-state index >= 15 is 0 Å². The van der Waals surface area contributed by atoms with Crippen LogP contribution in [-0.4, -0.2) is 18.0 Å². The molecule has 0 unspecified atom stereocenters. The summed E-state index contributed by atoms with van der Waals surface area (Å²) in [5.74, 6) is -0.752. The Morgan fingerprint density at radius 1 is 1.26 bits per heavy atom. The van der Waals surface area contributed by atoms with Crippen molar-refractivity contribution in [3.8, 4) is 6.07 Å². The highest BCUT2D eigenvalue weighted by atomic mass is 16.5. The van der Waals surface area contributed by atoms with Crippen LogP contribution in [0.15, 0.2) is 30.3 Å². The average Bonchev–Trinajstić information content (AvgIpc) is 2.54. The molecule has 0 radical (unpaired) electrons. The molecule has 5 heteroatoms. The topological polar surface area (TPSA) is 79.2 Å². The molecule has 1 aromatic rings. The number of ether oxygens (including phenoxy) is 1. The van der Waals surface area contributed by atoms with E-state index in [1.54, 1.807) is 30.3 Å². The minimum Gasteiger partial charge on any atom is -0.458 e. The highest BCUT2D eigenvalue weighted by Crippen LogP contribution is 2.26. The second-order valence-electron chi connectivity index (χ2n) is 5.63. The van der Waals surface area contributed by atoms with E-state index < -0.39 is 5.97 Å². The molecule has 1 fully saturated rings. The normalized spacial score (nSPS) is 20.7. The molecule has 23 heavy (non-hydrogen) atoms. The Morgan fingerprint density at radius 2 is 1.96 bits per heavy atom. The van der Waals surface area contributed by atoms with Crippen LogP contribution in [0.3, 0.4) is 0 Å². The molecule has 2 rings (SSSR count). The highest BCUT2D eigenvalue weighted by molar-refractivity contribution is 5.89. The van der Waals surface area contributed by atoms with Gasteiger partial charge in [0, 0.05) is 18.7 Å². The van der Waals surface area contributed by atoms with Crippen LogP contribution in [-0.2, 0) is 14.3 Å². The molecule has 2 atom stereocenters. The highest BCUT2D eigenvalue weighted by Gasteiger charge is 2.27. The van der Waals surface area contributed by atoms with E-state index in [9.17, 15) is 9.59 Å². The summed E-state index contributed by atoms with van der Waals surface area (Å²) in [6.07, 6.45) is 6.28. The fourth-order valence-electron chi connectivity index (χ4n) is 2.62. The van der Waals surface area contributed by atoms with Crippen molar-refractivity contribution >= 4 is 23.6 Å².